The topological polar surface area (TPSA) is 71.4 Å². The van der Waals surface area contributed by atoms with Crippen LogP contribution in [0.4, 0.5) is 0 Å². The van der Waals surface area contributed by atoms with Crippen molar-refractivity contribution in [1.82, 2.24) is 14.8 Å². The van der Waals surface area contributed by atoms with Gasteiger partial charge in [-0.05, 0) is 56.2 Å². The zero-order valence-corrected chi connectivity index (χ0v) is 18.9. The number of amides is 2. The van der Waals surface area contributed by atoms with Crippen LogP contribution in [0, 0.1) is 6.92 Å². The maximum absolute atomic E-state index is 12.9. The van der Waals surface area contributed by atoms with Gasteiger partial charge in [0.1, 0.15) is 0 Å². The zero-order valence-electron chi connectivity index (χ0n) is 18.9. The van der Waals surface area contributed by atoms with Crippen molar-refractivity contribution in [3.05, 3.63) is 89.7 Å². The van der Waals surface area contributed by atoms with Gasteiger partial charge in [0.25, 0.3) is 5.91 Å². The fraction of sp³-hybridized carbons (Fsp3) is 0.296. The van der Waals surface area contributed by atoms with Crippen molar-refractivity contribution in [3.8, 4) is 5.69 Å². The first-order valence-electron chi connectivity index (χ1n) is 11.4. The van der Waals surface area contributed by atoms with Crippen LogP contribution in [0.25, 0.3) is 5.69 Å². The van der Waals surface area contributed by atoms with Gasteiger partial charge in [0.15, 0.2) is 5.78 Å². The van der Waals surface area contributed by atoms with Crippen molar-refractivity contribution in [2.24, 2.45) is 0 Å². The summed E-state index contributed by atoms with van der Waals surface area (Å²) in [4.78, 5) is 39.3. The van der Waals surface area contributed by atoms with Gasteiger partial charge >= 0.3 is 0 Å². The van der Waals surface area contributed by atoms with Crippen LogP contribution in [0.3, 0.4) is 0 Å². The SMILES string of the molecule is Cc1ccc(C(=O)CCC(=O)NC2CCN(C(=O)c3ccc(-n4cccc4)cc3)CC2)cc1. The molecule has 1 saturated heterocycles. The Morgan fingerprint density at radius 1 is 0.848 bits per heavy atom. The van der Waals surface area contributed by atoms with Gasteiger partial charge in [0.2, 0.25) is 5.91 Å². The minimum absolute atomic E-state index is 0.0162. The molecular weight excluding hydrogens is 414 g/mol. The predicted octanol–water partition coefficient (Wildman–Crippen LogP) is 4.17. The molecule has 1 aromatic heterocycles. The van der Waals surface area contributed by atoms with E-state index in [4.69, 9.17) is 0 Å². The largest absolute Gasteiger partial charge is 0.353 e. The molecule has 0 unspecified atom stereocenters. The summed E-state index contributed by atoms with van der Waals surface area (Å²) in [5.41, 5.74) is 3.42. The summed E-state index contributed by atoms with van der Waals surface area (Å²) in [6.07, 6.45) is 5.74. The van der Waals surface area contributed by atoms with E-state index in [0.717, 1.165) is 11.3 Å². The van der Waals surface area contributed by atoms with E-state index in [0.29, 0.717) is 37.1 Å². The van der Waals surface area contributed by atoms with E-state index in [1.54, 1.807) is 12.1 Å². The molecule has 1 N–H and O–H groups in total. The smallest absolute Gasteiger partial charge is 0.253 e. The standard InChI is InChI=1S/C27H29N3O3/c1-20-4-6-21(7-5-20)25(31)12-13-26(32)28-23-14-18-30(19-15-23)27(33)22-8-10-24(11-9-22)29-16-2-3-17-29/h2-11,16-17,23H,12-15,18-19H2,1H3,(H,28,32). The van der Waals surface area contributed by atoms with Crippen molar-refractivity contribution in [2.45, 2.75) is 38.6 Å². The van der Waals surface area contributed by atoms with Crippen molar-refractivity contribution in [1.29, 1.82) is 0 Å². The second-order valence-electron chi connectivity index (χ2n) is 8.56. The maximum Gasteiger partial charge on any atom is 0.253 e. The molecule has 0 bridgehead atoms. The molecule has 0 spiro atoms. The average molecular weight is 444 g/mol. The Hall–Kier alpha value is -3.67. The van der Waals surface area contributed by atoms with Gasteiger partial charge in [-0.3, -0.25) is 14.4 Å². The molecule has 1 aliphatic heterocycles. The molecule has 6 nitrogen and oxygen atoms in total. The molecule has 170 valence electrons. The van der Waals surface area contributed by atoms with Crippen LogP contribution >= 0.6 is 0 Å². The third kappa shape index (κ3) is 5.77. The van der Waals surface area contributed by atoms with Crippen LogP contribution in [-0.4, -0.2) is 46.2 Å². The molecule has 2 aromatic carbocycles. The normalized spacial score (nSPS) is 14.2. The Balaban J connectivity index is 1.21. The molecule has 0 atom stereocenters. The van der Waals surface area contributed by atoms with Gasteiger partial charge in [-0.2, -0.15) is 0 Å². The molecule has 2 amide bonds. The van der Waals surface area contributed by atoms with Gasteiger partial charge in [-0.1, -0.05) is 29.8 Å². The van der Waals surface area contributed by atoms with E-state index in [1.165, 1.54) is 0 Å². The summed E-state index contributed by atoms with van der Waals surface area (Å²) in [5, 5.41) is 3.03. The molecule has 0 saturated carbocycles. The van der Waals surface area contributed by atoms with Crippen molar-refractivity contribution in [3.63, 3.8) is 0 Å². The number of carbonyl (C=O) groups is 3. The maximum atomic E-state index is 12.9. The fourth-order valence-corrected chi connectivity index (χ4v) is 4.10. The first kappa shape index (κ1) is 22.5. The third-order valence-corrected chi connectivity index (χ3v) is 6.12. The van der Waals surface area contributed by atoms with Crippen LogP contribution in [0.15, 0.2) is 73.1 Å². The molecular formula is C27H29N3O3. The molecule has 2 heterocycles. The number of Topliss-reactive ketones (excluding diaryl/α,β-unsaturated/α-hetero) is 1. The molecule has 33 heavy (non-hydrogen) atoms. The van der Waals surface area contributed by atoms with Crippen LogP contribution in [0.5, 0.6) is 0 Å². The number of rotatable bonds is 7. The van der Waals surface area contributed by atoms with E-state index in [9.17, 15) is 14.4 Å². The monoisotopic (exact) mass is 443 g/mol. The second-order valence-corrected chi connectivity index (χ2v) is 8.56. The summed E-state index contributed by atoms with van der Waals surface area (Å²) in [6.45, 7) is 3.18. The Kier molecular flexibility index (Phi) is 7.03. The van der Waals surface area contributed by atoms with E-state index in [1.807, 2.05) is 77.3 Å². The van der Waals surface area contributed by atoms with Crippen molar-refractivity contribution < 1.29 is 14.4 Å². The second kappa shape index (κ2) is 10.3. The Morgan fingerprint density at radius 2 is 1.45 bits per heavy atom. The number of aromatic nitrogens is 1. The number of carbonyl (C=O) groups excluding carboxylic acids is 3. The number of nitrogens with zero attached hydrogens (tertiary/aromatic N) is 2. The number of benzene rings is 2. The van der Waals surface area contributed by atoms with Crippen molar-refractivity contribution in [2.75, 3.05) is 13.1 Å². The molecule has 3 aromatic rings. The Bertz CT molecular complexity index is 1090. The van der Waals surface area contributed by atoms with Crippen LogP contribution < -0.4 is 5.32 Å². The molecule has 6 heteroatoms. The molecule has 1 aliphatic rings. The van der Waals surface area contributed by atoms with Gasteiger partial charge in [0.05, 0.1) is 0 Å². The number of hydrogen-bond donors (Lipinski definition) is 1. The summed E-state index contributed by atoms with van der Waals surface area (Å²) in [5.74, 6) is -0.114. The van der Waals surface area contributed by atoms with Gasteiger partial charge in [0, 0.05) is 61.2 Å². The average Bonchev–Trinajstić information content (AvgIpc) is 3.38. The number of likely N-dealkylation sites (tertiary alicyclic amines) is 1. The minimum atomic E-state index is -0.110. The molecule has 0 aliphatic carbocycles. The lowest BCUT2D eigenvalue weighted by Crippen LogP contribution is -2.46. The predicted molar refractivity (Wildman–Crippen MR) is 128 cm³/mol. The first-order valence-corrected chi connectivity index (χ1v) is 11.4. The summed E-state index contributed by atoms with van der Waals surface area (Å²) >= 11 is 0. The van der Waals surface area contributed by atoms with Gasteiger partial charge in [-0.25, -0.2) is 0 Å². The molecule has 1 fully saturated rings. The van der Waals surface area contributed by atoms with E-state index < -0.39 is 0 Å². The lowest BCUT2D eigenvalue weighted by Gasteiger charge is -2.32. The lowest BCUT2D eigenvalue weighted by atomic mass is 10.0. The van der Waals surface area contributed by atoms with Crippen molar-refractivity contribution >= 4 is 17.6 Å². The third-order valence-electron chi connectivity index (χ3n) is 6.12. The number of ketones is 1. The minimum Gasteiger partial charge on any atom is -0.353 e. The number of aryl methyl sites for hydroxylation is 1. The number of nitrogens with one attached hydrogen (secondary N) is 1. The highest BCUT2D eigenvalue weighted by atomic mass is 16.2. The van der Waals surface area contributed by atoms with Crippen LogP contribution in [0.1, 0.15) is 52.0 Å². The highest BCUT2D eigenvalue weighted by molar-refractivity contribution is 5.98. The Labute approximate surface area is 194 Å². The summed E-state index contributed by atoms with van der Waals surface area (Å²) in [7, 11) is 0. The summed E-state index contributed by atoms with van der Waals surface area (Å²) in [6, 6.07) is 19.0. The highest BCUT2D eigenvalue weighted by Gasteiger charge is 2.24. The van der Waals surface area contributed by atoms with Gasteiger partial charge < -0.3 is 14.8 Å². The van der Waals surface area contributed by atoms with E-state index in [-0.39, 0.29) is 36.5 Å². The van der Waals surface area contributed by atoms with E-state index in [2.05, 4.69) is 5.32 Å². The van der Waals surface area contributed by atoms with Crippen LogP contribution in [0.2, 0.25) is 0 Å². The highest BCUT2D eigenvalue weighted by Crippen LogP contribution is 2.17. The zero-order chi connectivity index (χ0) is 23.2. The van der Waals surface area contributed by atoms with E-state index >= 15 is 0 Å². The quantitative estimate of drug-likeness (QED) is 0.557. The number of hydrogen-bond acceptors (Lipinski definition) is 3. The van der Waals surface area contributed by atoms with Gasteiger partial charge in [-0.15, -0.1) is 0 Å². The Morgan fingerprint density at radius 3 is 2.09 bits per heavy atom. The number of piperidine rings is 1. The first-order chi connectivity index (χ1) is 16.0. The summed E-state index contributed by atoms with van der Waals surface area (Å²) < 4.78 is 2.00. The molecule has 4 rings (SSSR count). The lowest BCUT2D eigenvalue weighted by molar-refractivity contribution is -0.122. The molecule has 0 radical (unpaired) electrons. The fourth-order valence-electron chi connectivity index (χ4n) is 4.10. The van der Waals surface area contributed by atoms with Crippen LogP contribution in [-0.2, 0) is 4.79 Å².